The van der Waals surface area contributed by atoms with Crippen molar-refractivity contribution in [3.05, 3.63) is 0 Å². The lowest BCUT2D eigenvalue weighted by Crippen LogP contribution is -2.33. The molecule has 0 amide bonds. The van der Waals surface area contributed by atoms with Crippen molar-refractivity contribution in [2.24, 2.45) is 0 Å². The molecule has 0 aliphatic carbocycles. The molecule has 1 saturated heterocycles. The van der Waals surface area contributed by atoms with Gasteiger partial charge in [-0.1, -0.05) is 0 Å². The minimum absolute atomic E-state index is 0.407. The zero-order valence-electron chi connectivity index (χ0n) is 5.21. The average molecular weight is 152 g/mol. The molecule has 5 heteroatoms. The first-order valence-electron chi connectivity index (χ1n) is 2.97. The van der Waals surface area contributed by atoms with Crippen LogP contribution in [0, 0.1) is 0 Å². The molecular weight excluding hydrogens is 142 g/mol. The largest absolute Gasteiger partial charge is 0.394 e. The van der Waals surface area contributed by atoms with Crippen molar-refractivity contribution >= 4 is 0 Å². The summed E-state index contributed by atoms with van der Waals surface area (Å²) < 4.78 is 4.54. The van der Waals surface area contributed by atoms with Crippen LogP contribution in [0.1, 0.15) is 0 Å². The molecule has 0 unspecified atom stereocenters. The Balaban J connectivity index is 2.53. The first-order valence-corrected chi connectivity index (χ1v) is 2.97. The van der Waals surface area contributed by atoms with E-state index in [0.29, 0.717) is 0 Å². The molecule has 4 N–H and O–H groups in total. The van der Waals surface area contributed by atoms with E-state index in [0.717, 1.165) is 0 Å². The molecule has 0 aromatic carbocycles. The van der Waals surface area contributed by atoms with Gasteiger partial charge in [0.25, 0.3) is 0 Å². The van der Waals surface area contributed by atoms with Crippen LogP contribution in [0.25, 0.3) is 0 Å². The molecule has 0 bridgehead atoms. The lowest BCUT2D eigenvalue weighted by molar-refractivity contribution is -0.132. The van der Waals surface area contributed by atoms with Crippen molar-refractivity contribution in [3.8, 4) is 0 Å². The van der Waals surface area contributed by atoms with E-state index >= 15 is 0 Å². The third-order valence-corrected chi connectivity index (χ3v) is 1.52. The summed E-state index contributed by atoms with van der Waals surface area (Å²) in [5.41, 5.74) is 0. The van der Waals surface area contributed by atoms with Crippen LogP contribution in [-0.2, 0) is 4.74 Å². The molecule has 0 spiro atoms. The summed E-state index contributed by atoms with van der Waals surface area (Å²) in [6, 6.07) is 0. The zero-order chi connectivity index (χ0) is 7.72. The highest BCUT2D eigenvalue weighted by molar-refractivity contribution is 4.84. The average Bonchev–Trinajstić information content (AvgIpc) is 2.17. The van der Waals surface area contributed by atoms with E-state index < -0.39 is 31.2 Å². The van der Waals surface area contributed by atoms with Crippen molar-refractivity contribution in [1.29, 1.82) is 0 Å². The van der Waals surface area contributed by atoms with Gasteiger partial charge in [-0.05, 0) is 0 Å². The highest BCUT2D eigenvalue weighted by Crippen LogP contribution is 2.18. The van der Waals surface area contributed by atoms with Crippen LogP contribution in [-0.4, -0.2) is 51.6 Å². The maximum Gasteiger partial charge on any atom is 0.184 e. The summed E-state index contributed by atoms with van der Waals surface area (Å²) in [7, 11) is 0. The molecule has 1 heterocycles. The van der Waals surface area contributed by atoms with Crippen molar-refractivity contribution in [1.82, 2.24) is 0 Å². The van der Waals surface area contributed by atoms with E-state index in [2.05, 4.69) is 4.74 Å². The lowest BCUT2D eigenvalue weighted by atomic mass is 10.2. The predicted octanol–water partition coefficient (Wildman–Crippen LogP) is -2.58. The summed E-state index contributed by atoms with van der Waals surface area (Å²) in [6.45, 7) is -0.407. The maximum atomic E-state index is 8.93. The van der Waals surface area contributed by atoms with Gasteiger partial charge in [0.15, 0.2) is 6.29 Å². The van der Waals surface area contributed by atoms with Crippen LogP contribution < -0.4 is 0 Å². The number of aliphatic hydroxyl groups excluding tert-OH is 4. The summed E-state index contributed by atoms with van der Waals surface area (Å²) in [6.07, 6.45) is -4.76. The van der Waals surface area contributed by atoms with Crippen LogP contribution in [0.5, 0.6) is 0 Å². The van der Waals surface area contributed by atoms with E-state index in [-0.39, 0.29) is 0 Å². The number of aliphatic hydroxyl groups is 4. The highest BCUT2D eigenvalue weighted by Gasteiger charge is 2.41. The molecule has 60 valence electrons. The van der Waals surface area contributed by atoms with Gasteiger partial charge in [-0.2, -0.15) is 0 Å². The molecule has 10 heavy (non-hydrogen) atoms. The van der Waals surface area contributed by atoms with Crippen LogP contribution in [0.2, 0.25) is 0 Å². The zero-order valence-corrected chi connectivity index (χ0v) is 5.21. The minimum Gasteiger partial charge on any atom is -0.394 e. The van der Waals surface area contributed by atoms with Crippen LogP contribution in [0.4, 0.5) is 0 Å². The van der Waals surface area contributed by atoms with E-state index in [4.69, 9.17) is 20.4 Å². The Morgan fingerprint density at radius 3 is 2.20 bits per heavy atom. The highest BCUT2D eigenvalue weighted by atomic mass is 16.9. The molecule has 1 fully saturated rings. The quantitative estimate of drug-likeness (QED) is 0.331. The summed E-state index contributed by atoms with van der Waals surface area (Å²) in [4.78, 5) is 0. The van der Waals surface area contributed by atoms with Gasteiger partial charge in [0.05, 0.1) is 6.61 Å². The molecule has 1 rings (SSSR count). The first-order chi connectivity index (χ1) is 4.66. The Labute approximate surface area is 57.5 Å². The van der Waals surface area contributed by atoms with Crippen molar-refractivity contribution in [3.63, 3.8) is 0 Å². The summed E-state index contributed by atoms with van der Waals surface area (Å²) in [5, 5.41) is 35.0. The second kappa shape index (κ2) is 2.81. The Bertz CT molecular complexity index is 117. The molecular formula is C5H10O5. The van der Waals surface area contributed by atoms with Crippen LogP contribution >= 0.6 is 0 Å². The van der Waals surface area contributed by atoms with Gasteiger partial charge in [-0.25, -0.2) is 0 Å². The van der Waals surface area contributed by atoms with Crippen LogP contribution in [0.3, 0.4) is 0 Å². The number of hydrogen-bond acceptors (Lipinski definition) is 5. The third kappa shape index (κ3) is 1.14. The molecule has 5 nitrogen and oxygen atoms in total. The second-order valence-corrected chi connectivity index (χ2v) is 2.23. The molecule has 1 aliphatic rings. The van der Waals surface area contributed by atoms with E-state index in [1.807, 2.05) is 0 Å². The summed E-state index contributed by atoms with van der Waals surface area (Å²) >= 11 is 0. The third-order valence-electron chi connectivity index (χ3n) is 1.52. The van der Waals surface area contributed by atoms with Crippen molar-refractivity contribution < 1.29 is 25.2 Å². The number of rotatable bonds is 1. The van der Waals surface area contributed by atoms with Gasteiger partial charge in [0.2, 0.25) is 0 Å². The fourth-order valence-corrected chi connectivity index (χ4v) is 0.880. The van der Waals surface area contributed by atoms with Gasteiger partial charge >= 0.3 is 0 Å². The lowest BCUT2D eigenvalue weighted by Gasteiger charge is -2.09. The SMILES string of the molecule is OC[C@H]1O[14C@H](O)[C@@H](O)[C@@H]1O. The van der Waals surface area contributed by atoms with Gasteiger partial charge < -0.3 is 25.2 Å². The Hall–Kier alpha value is -0.200. The fraction of sp³-hybridized carbons (Fsp3) is 1.00. The maximum absolute atomic E-state index is 8.93. The van der Waals surface area contributed by atoms with Gasteiger partial charge in [-0.3, -0.25) is 0 Å². The number of hydrogen-bond donors (Lipinski definition) is 4. The van der Waals surface area contributed by atoms with Crippen LogP contribution in [0.15, 0.2) is 0 Å². The van der Waals surface area contributed by atoms with Crippen molar-refractivity contribution in [2.45, 2.75) is 24.6 Å². The Morgan fingerprint density at radius 2 is 2.00 bits per heavy atom. The normalized spacial score (nSPS) is 48.0. The van der Waals surface area contributed by atoms with Gasteiger partial charge in [0.1, 0.15) is 18.3 Å². The molecule has 0 aromatic rings. The monoisotopic (exact) mass is 152 g/mol. The number of ether oxygens (including phenoxy) is 1. The molecule has 0 radical (unpaired) electrons. The molecule has 4 atom stereocenters. The summed E-state index contributed by atoms with van der Waals surface area (Å²) in [5.74, 6) is 0. The van der Waals surface area contributed by atoms with Gasteiger partial charge in [0, 0.05) is 0 Å². The molecule has 1 aliphatic heterocycles. The smallest absolute Gasteiger partial charge is 0.184 e. The predicted molar refractivity (Wildman–Crippen MR) is 30.0 cm³/mol. The second-order valence-electron chi connectivity index (χ2n) is 2.23. The van der Waals surface area contributed by atoms with Crippen molar-refractivity contribution in [2.75, 3.05) is 6.61 Å². The Morgan fingerprint density at radius 1 is 1.40 bits per heavy atom. The van der Waals surface area contributed by atoms with E-state index in [9.17, 15) is 0 Å². The topological polar surface area (TPSA) is 90.2 Å². The van der Waals surface area contributed by atoms with E-state index in [1.165, 1.54) is 0 Å². The van der Waals surface area contributed by atoms with Gasteiger partial charge in [-0.15, -0.1) is 0 Å². The van der Waals surface area contributed by atoms with E-state index in [1.54, 1.807) is 0 Å². The standard InChI is InChI=1S/C5H10O5/c6-1-2-3(7)4(8)5(9)10-2/h2-9H,1H2/t2-,3-,4+,5+/m1/s1/i5+2. The fourth-order valence-electron chi connectivity index (χ4n) is 0.880. The molecule has 0 aromatic heterocycles. The Kier molecular flexibility index (Phi) is 2.22. The minimum atomic E-state index is -1.38. The first kappa shape index (κ1) is 7.90. The molecule has 0 saturated carbocycles.